The van der Waals surface area contributed by atoms with Crippen LogP contribution in [-0.4, -0.2) is 4.98 Å². The van der Waals surface area contributed by atoms with E-state index in [9.17, 15) is 17.6 Å². The third-order valence-electron chi connectivity index (χ3n) is 1.39. The Labute approximate surface area is 66.0 Å². The van der Waals surface area contributed by atoms with Gasteiger partial charge in [0.2, 0.25) is 5.95 Å². The fourth-order valence-electron chi connectivity index (χ4n) is 0.831. The quantitative estimate of drug-likeness (QED) is 0.502. The van der Waals surface area contributed by atoms with Gasteiger partial charge in [-0.25, -0.2) is 18.2 Å². The maximum atomic E-state index is 12.5. The number of alkyl halides is 3. The normalized spacial score (nSPS) is 10.8. The van der Waals surface area contributed by atoms with E-state index >= 15 is 0 Å². The van der Waals surface area contributed by atoms with Crippen molar-refractivity contribution in [3.05, 3.63) is 29.3 Å². The highest BCUT2D eigenvalue weighted by atomic mass is 19.3. The van der Waals surface area contributed by atoms with Crippen LogP contribution in [0.25, 0.3) is 0 Å². The molecule has 0 spiro atoms. The Bertz CT molecular complexity index is 274. The average Bonchev–Trinajstić information content (AvgIpc) is 2.03. The van der Waals surface area contributed by atoms with E-state index in [1.165, 1.54) is 0 Å². The maximum absolute atomic E-state index is 12.5. The first kappa shape index (κ1) is 8.96. The van der Waals surface area contributed by atoms with Crippen molar-refractivity contribution in [2.24, 2.45) is 0 Å². The lowest BCUT2D eigenvalue weighted by Crippen LogP contribution is -1.99. The second-order valence-electron chi connectivity index (χ2n) is 2.11. The molecule has 1 aromatic heterocycles. The molecule has 0 fully saturated rings. The second kappa shape index (κ2) is 3.51. The monoisotopic (exact) mass is 179 g/mol. The van der Waals surface area contributed by atoms with Crippen LogP contribution in [-0.2, 0) is 6.67 Å². The molecule has 0 radical (unpaired) electrons. The maximum Gasteiger partial charge on any atom is 0.268 e. The van der Waals surface area contributed by atoms with Crippen LogP contribution in [0.15, 0.2) is 12.3 Å². The summed E-state index contributed by atoms with van der Waals surface area (Å²) in [5, 5.41) is 0. The van der Waals surface area contributed by atoms with Crippen LogP contribution >= 0.6 is 0 Å². The molecule has 0 aromatic carbocycles. The molecule has 1 aromatic rings. The van der Waals surface area contributed by atoms with Crippen LogP contribution < -0.4 is 0 Å². The Kier molecular flexibility index (Phi) is 2.62. The van der Waals surface area contributed by atoms with Gasteiger partial charge in [0.1, 0.15) is 6.67 Å². The zero-order chi connectivity index (χ0) is 9.14. The summed E-state index contributed by atoms with van der Waals surface area (Å²) in [4.78, 5) is 3.00. The molecule has 12 heavy (non-hydrogen) atoms. The smallest absolute Gasteiger partial charge is 0.246 e. The third kappa shape index (κ3) is 1.54. The first-order valence-electron chi connectivity index (χ1n) is 3.14. The molecular formula is C7H5F4N. The number of nitrogens with zero attached hydrogens (tertiary/aromatic N) is 1. The van der Waals surface area contributed by atoms with Gasteiger partial charge in [0.25, 0.3) is 6.43 Å². The van der Waals surface area contributed by atoms with E-state index in [2.05, 4.69) is 4.98 Å². The molecule has 0 saturated carbocycles. The minimum Gasteiger partial charge on any atom is -0.246 e. The van der Waals surface area contributed by atoms with Crippen molar-refractivity contribution in [3.8, 4) is 0 Å². The van der Waals surface area contributed by atoms with Crippen molar-refractivity contribution < 1.29 is 17.6 Å². The lowest BCUT2D eigenvalue weighted by Gasteiger charge is -2.04. The predicted molar refractivity (Wildman–Crippen MR) is 34.0 cm³/mol. The number of hydrogen-bond acceptors (Lipinski definition) is 1. The van der Waals surface area contributed by atoms with E-state index in [1.54, 1.807) is 0 Å². The highest BCUT2D eigenvalue weighted by Gasteiger charge is 2.18. The minimum atomic E-state index is -3.02. The summed E-state index contributed by atoms with van der Waals surface area (Å²) in [6.45, 7) is -1.11. The van der Waals surface area contributed by atoms with E-state index in [1.807, 2.05) is 0 Å². The molecule has 1 rings (SSSR count). The van der Waals surface area contributed by atoms with Crippen molar-refractivity contribution in [1.29, 1.82) is 0 Å². The first-order valence-corrected chi connectivity index (χ1v) is 3.14. The summed E-state index contributed by atoms with van der Waals surface area (Å²) in [5.41, 5.74) is -1.29. The van der Waals surface area contributed by atoms with Crippen LogP contribution in [0, 0.1) is 5.95 Å². The lowest BCUT2D eigenvalue weighted by atomic mass is 10.1. The molecule has 0 aliphatic carbocycles. The molecular weight excluding hydrogens is 174 g/mol. The molecule has 0 N–H and O–H groups in total. The molecule has 5 heteroatoms. The highest BCUT2D eigenvalue weighted by Crippen LogP contribution is 2.24. The van der Waals surface area contributed by atoms with Crippen molar-refractivity contribution in [2.75, 3.05) is 0 Å². The largest absolute Gasteiger partial charge is 0.268 e. The van der Waals surface area contributed by atoms with Crippen molar-refractivity contribution >= 4 is 0 Å². The van der Waals surface area contributed by atoms with Crippen molar-refractivity contribution in [1.82, 2.24) is 4.98 Å². The Morgan fingerprint density at radius 1 is 1.42 bits per heavy atom. The summed E-state index contributed by atoms with van der Waals surface area (Å²) in [7, 11) is 0. The molecule has 0 unspecified atom stereocenters. The van der Waals surface area contributed by atoms with E-state index < -0.39 is 24.6 Å². The Balaban J connectivity index is 3.20. The third-order valence-corrected chi connectivity index (χ3v) is 1.39. The molecule has 0 bridgehead atoms. The van der Waals surface area contributed by atoms with Gasteiger partial charge < -0.3 is 0 Å². The van der Waals surface area contributed by atoms with Gasteiger partial charge in [-0.05, 0) is 11.6 Å². The summed E-state index contributed by atoms with van der Waals surface area (Å²) < 4.78 is 48.6. The summed E-state index contributed by atoms with van der Waals surface area (Å²) >= 11 is 0. The fraction of sp³-hybridized carbons (Fsp3) is 0.286. The minimum absolute atomic E-state index is 0.350. The topological polar surface area (TPSA) is 12.9 Å². The van der Waals surface area contributed by atoms with Crippen LogP contribution in [0.5, 0.6) is 0 Å². The zero-order valence-electron chi connectivity index (χ0n) is 5.90. The van der Waals surface area contributed by atoms with Crippen LogP contribution in [0.3, 0.4) is 0 Å². The van der Waals surface area contributed by atoms with Gasteiger partial charge in [-0.3, -0.25) is 0 Å². The Hall–Kier alpha value is -1.13. The molecule has 0 atom stereocenters. The second-order valence-corrected chi connectivity index (χ2v) is 2.11. The van der Waals surface area contributed by atoms with E-state index in [-0.39, 0.29) is 5.56 Å². The molecule has 0 saturated heterocycles. The Morgan fingerprint density at radius 2 is 2.08 bits per heavy atom. The van der Waals surface area contributed by atoms with Gasteiger partial charge in [0.05, 0.1) is 5.56 Å². The van der Waals surface area contributed by atoms with E-state index in [0.717, 1.165) is 12.3 Å². The van der Waals surface area contributed by atoms with Gasteiger partial charge in [-0.2, -0.15) is 4.39 Å². The molecule has 0 aliphatic heterocycles. The molecule has 0 aliphatic rings. The molecule has 0 amide bonds. The van der Waals surface area contributed by atoms with Gasteiger partial charge in [0.15, 0.2) is 0 Å². The van der Waals surface area contributed by atoms with E-state index in [4.69, 9.17) is 0 Å². The summed E-state index contributed by atoms with van der Waals surface area (Å²) in [5.74, 6) is -1.31. The Morgan fingerprint density at radius 3 is 2.50 bits per heavy atom. The summed E-state index contributed by atoms with van der Waals surface area (Å²) in [6.07, 6.45) is -2.07. The highest BCUT2D eigenvalue weighted by molar-refractivity contribution is 5.24. The number of rotatable bonds is 2. The molecule has 1 nitrogen and oxygen atoms in total. The molecule has 66 valence electrons. The predicted octanol–water partition coefficient (Wildman–Crippen LogP) is 2.63. The SMILES string of the molecule is FCc1ccnc(F)c1C(F)F. The summed E-state index contributed by atoms with van der Waals surface area (Å²) in [6, 6.07) is 1.03. The van der Waals surface area contributed by atoms with Gasteiger partial charge >= 0.3 is 0 Å². The van der Waals surface area contributed by atoms with E-state index in [0.29, 0.717) is 0 Å². The fourth-order valence-corrected chi connectivity index (χ4v) is 0.831. The van der Waals surface area contributed by atoms with Crippen LogP contribution in [0.4, 0.5) is 17.6 Å². The molecule has 1 heterocycles. The van der Waals surface area contributed by atoms with Crippen LogP contribution in [0.2, 0.25) is 0 Å². The van der Waals surface area contributed by atoms with Crippen molar-refractivity contribution in [2.45, 2.75) is 13.1 Å². The first-order chi connectivity index (χ1) is 5.66. The number of hydrogen-bond donors (Lipinski definition) is 0. The standard InChI is InChI=1S/C7H5F4N/c8-3-4-1-2-12-7(11)5(4)6(9)10/h1-2,6H,3H2. The average molecular weight is 179 g/mol. The number of pyridine rings is 1. The lowest BCUT2D eigenvalue weighted by molar-refractivity contribution is 0.143. The number of aromatic nitrogens is 1. The van der Waals surface area contributed by atoms with Gasteiger partial charge in [-0.1, -0.05) is 0 Å². The van der Waals surface area contributed by atoms with Gasteiger partial charge in [0, 0.05) is 6.20 Å². The van der Waals surface area contributed by atoms with Gasteiger partial charge in [-0.15, -0.1) is 0 Å². The van der Waals surface area contributed by atoms with Crippen molar-refractivity contribution in [3.63, 3.8) is 0 Å². The van der Waals surface area contributed by atoms with Crippen LogP contribution in [0.1, 0.15) is 17.6 Å². The number of halogens is 4. The zero-order valence-corrected chi connectivity index (χ0v) is 5.90.